The maximum Gasteiger partial charge on any atom is 0.234 e. The quantitative estimate of drug-likeness (QED) is 0.444. The monoisotopic (exact) mass is 450 g/mol. The molecule has 0 aliphatic heterocycles. The first-order chi connectivity index (χ1) is 11.7. The smallest absolute Gasteiger partial charge is 0.234 e. The predicted molar refractivity (Wildman–Crippen MR) is 104 cm³/mol. The van der Waals surface area contributed by atoms with E-state index >= 15 is 0 Å². The van der Waals surface area contributed by atoms with Crippen LogP contribution in [-0.4, -0.2) is 26.8 Å². The van der Waals surface area contributed by atoms with Crippen molar-refractivity contribution >= 4 is 45.9 Å². The second-order valence-electron chi connectivity index (χ2n) is 5.07. The highest BCUT2D eigenvalue weighted by Gasteiger charge is 2.08. The molecule has 24 heavy (non-hydrogen) atoms. The number of aromatic nitrogens is 3. The topological polar surface area (TPSA) is 70.7 Å². The summed E-state index contributed by atoms with van der Waals surface area (Å²) in [7, 11) is 0. The maximum absolute atomic E-state index is 12.0. The fraction of sp³-hybridized carbons (Fsp3) is 0.118. The molecule has 3 aromatic rings. The molecule has 0 spiro atoms. The van der Waals surface area contributed by atoms with Crippen molar-refractivity contribution < 1.29 is 4.79 Å². The lowest BCUT2D eigenvalue weighted by atomic mass is 10.1. The second-order valence-corrected chi connectivity index (χ2v) is 7.26. The Labute approximate surface area is 157 Å². The third kappa shape index (κ3) is 5.07. The number of rotatable bonds is 6. The summed E-state index contributed by atoms with van der Waals surface area (Å²) in [5, 5.41) is 10.5. The van der Waals surface area contributed by atoms with Gasteiger partial charge in [-0.05, 0) is 52.4 Å². The Balaban J connectivity index is 1.50. The van der Waals surface area contributed by atoms with Gasteiger partial charge in [-0.1, -0.05) is 42.1 Å². The van der Waals surface area contributed by atoms with Crippen molar-refractivity contribution in [2.24, 2.45) is 0 Å². The highest BCUT2D eigenvalue weighted by Crippen LogP contribution is 2.16. The third-order valence-corrected chi connectivity index (χ3v) is 4.75. The molecule has 0 fully saturated rings. The average Bonchev–Trinajstić information content (AvgIpc) is 3.03. The Morgan fingerprint density at radius 1 is 1.12 bits per heavy atom. The summed E-state index contributed by atoms with van der Waals surface area (Å²) in [6.07, 6.45) is 0.698. The summed E-state index contributed by atoms with van der Waals surface area (Å²) in [5.41, 5.74) is 1.96. The molecule has 1 aromatic heterocycles. The van der Waals surface area contributed by atoms with Crippen molar-refractivity contribution in [1.29, 1.82) is 0 Å². The van der Waals surface area contributed by atoms with Crippen molar-refractivity contribution in [2.45, 2.75) is 11.6 Å². The van der Waals surface area contributed by atoms with E-state index in [4.69, 9.17) is 0 Å². The molecule has 2 aromatic carbocycles. The van der Waals surface area contributed by atoms with Crippen LogP contribution < -0.4 is 5.32 Å². The Morgan fingerprint density at radius 3 is 2.62 bits per heavy atom. The number of amides is 1. The lowest BCUT2D eigenvalue weighted by Crippen LogP contribution is -2.14. The molecular weight excluding hydrogens is 435 g/mol. The normalized spacial score (nSPS) is 10.5. The second kappa shape index (κ2) is 8.29. The Hall–Kier alpha value is -1.87. The van der Waals surface area contributed by atoms with Crippen LogP contribution in [0.1, 0.15) is 11.4 Å². The lowest BCUT2D eigenvalue weighted by molar-refractivity contribution is -0.113. The average molecular weight is 450 g/mol. The summed E-state index contributed by atoms with van der Waals surface area (Å²) in [4.78, 5) is 16.4. The largest absolute Gasteiger partial charge is 0.325 e. The van der Waals surface area contributed by atoms with E-state index in [0.717, 1.165) is 15.1 Å². The number of carbonyl (C=O) groups is 1. The summed E-state index contributed by atoms with van der Waals surface area (Å²) in [6, 6.07) is 17.7. The number of hydrogen-bond donors (Lipinski definition) is 2. The fourth-order valence-electron chi connectivity index (χ4n) is 2.07. The van der Waals surface area contributed by atoms with Crippen molar-refractivity contribution in [2.75, 3.05) is 11.1 Å². The third-order valence-electron chi connectivity index (χ3n) is 3.19. The minimum Gasteiger partial charge on any atom is -0.325 e. The van der Waals surface area contributed by atoms with Crippen LogP contribution in [0.2, 0.25) is 0 Å². The van der Waals surface area contributed by atoms with Crippen LogP contribution in [-0.2, 0) is 11.2 Å². The zero-order chi connectivity index (χ0) is 16.8. The zero-order valence-corrected chi connectivity index (χ0v) is 15.7. The first kappa shape index (κ1) is 17.0. The molecule has 0 bridgehead atoms. The molecule has 0 aliphatic rings. The lowest BCUT2D eigenvalue weighted by Gasteiger charge is -2.03. The van der Waals surface area contributed by atoms with Gasteiger partial charge in [0.05, 0.1) is 5.75 Å². The molecule has 0 atom stereocenters. The SMILES string of the molecule is O=C(CSc1n[nH]c(Cc2ccccc2)n1)Nc1ccc(I)cc1. The molecule has 0 aliphatic carbocycles. The summed E-state index contributed by atoms with van der Waals surface area (Å²) >= 11 is 3.54. The summed E-state index contributed by atoms with van der Waals surface area (Å²) in [6.45, 7) is 0. The van der Waals surface area contributed by atoms with Gasteiger partial charge < -0.3 is 5.32 Å². The summed E-state index contributed by atoms with van der Waals surface area (Å²) in [5.74, 6) is 0.992. The molecule has 7 heteroatoms. The number of anilines is 1. The van der Waals surface area contributed by atoms with Gasteiger partial charge in [0.25, 0.3) is 0 Å². The molecule has 2 N–H and O–H groups in total. The molecular formula is C17H15IN4OS. The first-order valence-electron chi connectivity index (χ1n) is 7.32. The molecule has 0 radical (unpaired) electrons. The molecule has 122 valence electrons. The van der Waals surface area contributed by atoms with E-state index in [1.54, 1.807) is 0 Å². The number of benzene rings is 2. The maximum atomic E-state index is 12.0. The highest BCUT2D eigenvalue weighted by molar-refractivity contribution is 14.1. The van der Waals surface area contributed by atoms with Gasteiger partial charge >= 0.3 is 0 Å². The van der Waals surface area contributed by atoms with Crippen LogP contribution in [0.3, 0.4) is 0 Å². The number of H-pyrrole nitrogens is 1. The minimum absolute atomic E-state index is 0.0735. The van der Waals surface area contributed by atoms with Gasteiger partial charge in [-0.25, -0.2) is 4.98 Å². The van der Waals surface area contributed by atoms with E-state index in [2.05, 4.69) is 43.1 Å². The number of nitrogens with one attached hydrogen (secondary N) is 2. The Kier molecular flexibility index (Phi) is 5.86. The van der Waals surface area contributed by atoms with E-state index in [1.807, 2.05) is 54.6 Å². The van der Waals surface area contributed by atoms with E-state index < -0.39 is 0 Å². The van der Waals surface area contributed by atoms with Crippen LogP contribution in [0.5, 0.6) is 0 Å². The first-order valence-corrected chi connectivity index (χ1v) is 9.39. The van der Waals surface area contributed by atoms with E-state index in [-0.39, 0.29) is 11.7 Å². The number of thioether (sulfide) groups is 1. The Morgan fingerprint density at radius 2 is 1.88 bits per heavy atom. The van der Waals surface area contributed by atoms with E-state index in [9.17, 15) is 4.79 Å². The molecule has 3 rings (SSSR count). The van der Waals surface area contributed by atoms with Gasteiger partial charge in [0.1, 0.15) is 5.82 Å². The van der Waals surface area contributed by atoms with Crippen molar-refractivity contribution in [3.8, 4) is 0 Å². The van der Waals surface area contributed by atoms with Crippen molar-refractivity contribution in [3.05, 3.63) is 69.6 Å². The van der Waals surface area contributed by atoms with Crippen molar-refractivity contribution in [3.63, 3.8) is 0 Å². The molecule has 0 unspecified atom stereocenters. The van der Waals surface area contributed by atoms with Crippen LogP contribution in [0.15, 0.2) is 59.8 Å². The van der Waals surface area contributed by atoms with Gasteiger partial charge in [-0.3, -0.25) is 9.89 Å². The number of halogens is 1. The summed E-state index contributed by atoms with van der Waals surface area (Å²) < 4.78 is 1.13. The fourth-order valence-corrected chi connectivity index (χ4v) is 3.05. The van der Waals surface area contributed by atoms with Gasteiger partial charge in [0, 0.05) is 15.7 Å². The van der Waals surface area contributed by atoms with Crippen LogP contribution in [0.25, 0.3) is 0 Å². The number of hydrogen-bond acceptors (Lipinski definition) is 4. The number of aromatic amines is 1. The van der Waals surface area contributed by atoms with E-state index in [1.165, 1.54) is 17.3 Å². The minimum atomic E-state index is -0.0735. The number of nitrogens with zero attached hydrogens (tertiary/aromatic N) is 2. The van der Waals surface area contributed by atoms with Gasteiger partial charge in [-0.15, -0.1) is 5.10 Å². The highest BCUT2D eigenvalue weighted by atomic mass is 127. The molecule has 1 heterocycles. The zero-order valence-electron chi connectivity index (χ0n) is 12.7. The van der Waals surface area contributed by atoms with Crippen LogP contribution >= 0.6 is 34.4 Å². The number of carbonyl (C=O) groups excluding carboxylic acids is 1. The standard InChI is InChI=1S/C17H15IN4OS/c18-13-6-8-14(9-7-13)19-16(23)11-24-17-20-15(21-22-17)10-12-4-2-1-3-5-12/h1-9H,10-11H2,(H,19,23)(H,20,21,22). The molecule has 5 nitrogen and oxygen atoms in total. The van der Waals surface area contributed by atoms with Gasteiger partial charge in [-0.2, -0.15) is 0 Å². The van der Waals surface area contributed by atoms with Gasteiger partial charge in [0.15, 0.2) is 0 Å². The predicted octanol–water partition coefficient (Wildman–Crippen LogP) is 3.73. The molecule has 0 saturated heterocycles. The van der Waals surface area contributed by atoms with Crippen LogP contribution in [0, 0.1) is 3.57 Å². The molecule has 1 amide bonds. The Bertz CT molecular complexity index is 805. The van der Waals surface area contributed by atoms with Gasteiger partial charge in [0.2, 0.25) is 11.1 Å². The van der Waals surface area contributed by atoms with E-state index in [0.29, 0.717) is 11.6 Å². The van der Waals surface area contributed by atoms with Crippen molar-refractivity contribution in [1.82, 2.24) is 15.2 Å². The molecule has 0 saturated carbocycles. The van der Waals surface area contributed by atoms with Crippen LogP contribution in [0.4, 0.5) is 5.69 Å².